The highest BCUT2D eigenvalue weighted by Gasteiger charge is 2.51. The molecule has 15 rings (SSSR count). The zero-order valence-electron chi connectivity index (χ0n) is 38.3. The number of para-hydroxylation sites is 4. The summed E-state index contributed by atoms with van der Waals surface area (Å²) >= 11 is 0. The summed E-state index contributed by atoms with van der Waals surface area (Å²) in [5.41, 5.74) is 24.3. The fourth-order valence-electron chi connectivity index (χ4n) is 11.6. The van der Waals surface area contributed by atoms with Crippen LogP contribution in [0.2, 0.25) is 0 Å². The van der Waals surface area contributed by atoms with Crippen LogP contribution in [0.5, 0.6) is 0 Å². The Kier molecular flexibility index (Phi) is 8.54. The van der Waals surface area contributed by atoms with Crippen molar-refractivity contribution in [3.63, 3.8) is 0 Å². The predicted molar refractivity (Wildman–Crippen MR) is 288 cm³/mol. The molecule has 2 aromatic heterocycles. The zero-order chi connectivity index (χ0) is 46.6. The number of hydrogen-bond acceptors (Lipinski definition) is 4. The average molecular weight is 905 g/mol. The van der Waals surface area contributed by atoms with Gasteiger partial charge in [-0.15, -0.1) is 0 Å². The maximum absolute atomic E-state index is 6.15. The van der Waals surface area contributed by atoms with E-state index < -0.39 is 5.41 Å². The van der Waals surface area contributed by atoms with E-state index in [2.05, 4.69) is 194 Å². The maximum Gasteiger partial charge on any atom is 0.227 e. The van der Waals surface area contributed by atoms with E-state index in [4.69, 9.17) is 18.8 Å². The van der Waals surface area contributed by atoms with Crippen LogP contribution in [0, 0.1) is 0 Å². The first-order valence-corrected chi connectivity index (χ1v) is 24.2. The number of rotatable bonds is 6. The standard InChI is InChI=1S/C67H40N2O2/c1-2-13-48-39-60-56(38-47(48)12-1)55-33-32-49(40-59(55)67(60)57-18-5-3-16-53(57)54-17-4-6-19-58(54)67)45-14-11-15-46(34-45)52-36-50(41-24-28-43(29-25-41)65-68-61-20-7-9-22-63(61)70-65)35-51(37-52)42-26-30-44(31-27-42)66-69-62-21-8-10-23-64(62)71-66/h1-40H. The van der Waals surface area contributed by atoms with Gasteiger partial charge in [0.15, 0.2) is 11.2 Å². The Labute approximate surface area is 409 Å². The molecule has 1 spiro atoms. The topological polar surface area (TPSA) is 52.1 Å². The first kappa shape index (κ1) is 39.6. The van der Waals surface area contributed by atoms with Gasteiger partial charge in [0, 0.05) is 11.1 Å². The van der Waals surface area contributed by atoms with Gasteiger partial charge in [-0.1, -0.05) is 152 Å². The SMILES string of the molecule is c1cc(-c2cc(-c3ccc(-c4nc5ccccc5o4)cc3)cc(-c3ccc(-c4nc5ccccc5o4)cc3)c2)cc(-c2ccc3c(c2)C2(c4ccccc4-c4ccccc42)c2cc4ccccc4cc2-3)c1. The molecule has 0 aliphatic heterocycles. The highest BCUT2D eigenvalue weighted by Crippen LogP contribution is 2.63. The number of nitrogens with zero attached hydrogens (tertiary/aromatic N) is 2. The lowest BCUT2D eigenvalue weighted by Crippen LogP contribution is -2.25. The molecule has 2 aliphatic rings. The molecule has 0 radical (unpaired) electrons. The lowest BCUT2D eigenvalue weighted by Gasteiger charge is -2.31. The molecule has 0 amide bonds. The van der Waals surface area contributed by atoms with Crippen LogP contribution in [-0.4, -0.2) is 9.97 Å². The summed E-state index contributed by atoms with van der Waals surface area (Å²) in [5, 5.41) is 2.51. The normalized spacial score (nSPS) is 12.9. The van der Waals surface area contributed by atoms with Crippen LogP contribution in [0.1, 0.15) is 22.3 Å². The molecule has 0 bridgehead atoms. The van der Waals surface area contributed by atoms with Gasteiger partial charge in [0.05, 0.1) is 5.41 Å². The third-order valence-corrected chi connectivity index (χ3v) is 14.9. The van der Waals surface area contributed by atoms with Crippen molar-refractivity contribution in [2.45, 2.75) is 5.41 Å². The number of benzene rings is 11. The van der Waals surface area contributed by atoms with E-state index in [1.165, 1.54) is 66.4 Å². The minimum atomic E-state index is -0.454. The van der Waals surface area contributed by atoms with E-state index in [1.807, 2.05) is 48.5 Å². The van der Waals surface area contributed by atoms with Gasteiger partial charge in [0.1, 0.15) is 11.0 Å². The molecule has 0 atom stereocenters. The molecule has 4 nitrogen and oxygen atoms in total. The summed E-state index contributed by atoms with van der Waals surface area (Å²) in [7, 11) is 0. The van der Waals surface area contributed by atoms with Gasteiger partial charge in [0.25, 0.3) is 0 Å². The fraction of sp³-hybridized carbons (Fsp3) is 0.0149. The highest BCUT2D eigenvalue weighted by molar-refractivity contribution is 6.01. The molecular weight excluding hydrogens is 865 g/mol. The summed E-state index contributed by atoms with van der Waals surface area (Å²) in [6.07, 6.45) is 0. The molecule has 0 saturated carbocycles. The van der Waals surface area contributed by atoms with Crippen molar-refractivity contribution < 1.29 is 8.83 Å². The molecule has 4 heteroatoms. The van der Waals surface area contributed by atoms with Crippen molar-refractivity contribution in [3.8, 4) is 89.7 Å². The Bertz CT molecular complexity index is 4040. The summed E-state index contributed by atoms with van der Waals surface area (Å²) in [6.45, 7) is 0. The Morgan fingerprint density at radius 1 is 0.254 bits per heavy atom. The number of oxazole rings is 2. The van der Waals surface area contributed by atoms with Crippen LogP contribution in [0.3, 0.4) is 0 Å². The molecule has 2 heterocycles. The van der Waals surface area contributed by atoms with Gasteiger partial charge in [-0.25, -0.2) is 9.97 Å². The molecular formula is C67H40N2O2. The zero-order valence-corrected chi connectivity index (χ0v) is 38.3. The molecule has 0 saturated heterocycles. The highest BCUT2D eigenvalue weighted by atomic mass is 16.4. The van der Waals surface area contributed by atoms with Crippen LogP contribution in [0.15, 0.2) is 251 Å². The van der Waals surface area contributed by atoms with Crippen molar-refractivity contribution in [2.24, 2.45) is 0 Å². The lowest BCUT2D eigenvalue weighted by molar-refractivity contribution is 0.619. The van der Waals surface area contributed by atoms with Gasteiger partial charge >= 0.3 is 0 Å². The van der Waals surface area contributed by atoms with Crippen molar-refractivity contribution in [1.29, 1.82) is 0 Å². The van der Waals surface area contributed by atoms with Gasteiger partial charge in [-0.3, -0.25) is 0 Å². The van der Waals surface area contributed by atoms with Crippen LogP contribution in [0.25, 0.3) is 123 Å². The quantitative estimate of drug-likeness (QED) is 0.167. The lowest BCUT2D eigenvalue weighted by atomic mass is 9.70. The third kappa shape index (κ3) is 6.11. The van der Waals surface area contributed by atoms with Gasteiger partial charge in [0.2, 0.25) is 11.8 Å². The van der Waals surface area contributed by atoms with E-state index in [0.29, 0.717) is 11.8 Å². The van der Waals surface area contributed by atoms with E-state index in [-0.39, 0.29) is 0 Å². The fourth-order valence-corrected chi connectivity index (χ4v) is 11.6. The molecule has 13 aromatic rings. The molecule has 2 aliphatic carbocycles. The Balaban J connectivity index is 0.861. The molecule has 71 heavy (non-hydrogen) atoms. The van der Waals surface area contributed by atoms with Gasteiger partial charge in [-0.05, 0) is 191 Å². The monoisotopic (exact) mass is 904 g/mol. The average Bonchev–Trinajstić information content (AvgIpc) is 4.22. The number of hydrogen-bond donors (Lipinski definition) is 0. The minimum absolute atomic E-state index is 0.454. The summed E-state index contributed by atoms with van der Waals surface area (Å²) in [4.78, 5) is 9.54. The second-order valence-electron chi connectivity index (χ2n) is 18.9. The summed E-state index contributed by atoms with van der Waals surface area (Å²) < 4.78 is 12.3. The van der Waals surface area contributed by atoms with Crippen LogP contribution in [-0.2, 0) is 5.41 Å². The van der Waals surface area contributed by atoms with Gasteiger partial charge < -0.3 is 8.83 Å². The Morgan fingerprint density at radius 2 is 0.662 bits per heavy atom. The van der Waals surface area contributed by atoms with Crippen LogP contribution >= 0.6 is 0 Å². The second-order valence-corrected chi connectivity index (χ2v) is 18.9. The van der Waals surface area contributed by atoms with E-state index >= 15 is 0 Å². The summed E-state index contributed by atoms with van der Waals surface area (Å²) in [6, 6.07) is 87.7. The molecule has 0 fully saturated rings. The van der Waals surface area contributed by atoms with E-state index in [1.54, 1.807) is 0 Å². The first-order chi connectivity index (χ1) is 35.1. The van der Waals surface area contributed by atoms with E-state index in [0.717, 1.165) is 66.7 Å². The van der Waals surface area contributed by atoms with Crippen molar-refractivity contribution in [2.75, 3.05) is 0 Å². The largest absolute Gasteiger partial charge is 0.436 e. The van der Waals surface area contributed by atoms with Crippen molar-refractivity contribution in [1.82, 2.24) is 9.97 Å². The first-order valence-electron chi connectivity index (χ1n) is 24.2. The van der Waals surface area contributed by atoms with Crippen molar-refractivity contribution >= 4 is 33.0 Å². The molecule has 330 valence electrons. The Hall–Kier alpha value is -9.38. The van der Waals surface area contributed by atoms with Crippen molar-refractivity contribution in [3.05, 3.63) is 265 Å². The maximum atomic E-state index is 6.15. The molecule has 11 aromatic carbocycles. The van der Waals surface area contributed by atoms with E-state index in [9.17, 15) is 0 Å². The molecule has 0 N–H and O–H groups in total. The third-order valence-electron chi connectivity index (χ3n) is 14.9. The Morgan fingerprint density at radius 3 is 1.24 bits per heavy atom. The minimum Gasteiger partial charge on any atom is -0.436 e. The number of fused-ring (bicyclic) bond motifs is 13. The smallest absolute Gasteiger partial charge is 0.227 e. The van der Waals surface area contributed by atoms with Gasteiger partial charge in [-0.2, -0.15) is 0 Å². The predicted octanol–water partition coefficient (Wildman–Crippen LogP) is 17.5. The number of aromatic nitrogens is 2. The summed E-state index contributed by atoms with van der Waals surface area (Å²) in [5.74, 6) is 1.22. The molecule has 0 unspecified atom stereocenters. The van der Waals surface area contributed by atoms with Crippen LogP contribution in [0.4, 0.5) is 0 Å². The second kappa shape index (κ2) is 15.3. The van der Waals surface area contributed by atoms with Crippen LogP contribution < -0.4 is 0 Å².